The number of aryl methyl sites for hydroxylation is 1. The summed E-state index contributed by atoms with van der Waals surface area (Å²) in [7, 11) is 0. The Bertz CT molecular complexity index is 484. The van der Waals surface area contributed by atoms with Crippen LogP contribution in [0.1, 0.15) is 18.4 Å². The largest absolute Gasteiger partial charge is 0.310 e. The van der Waals surface area contributed by atoms with Gasteiger partial charge in [-0.25, -0.2) is 4.98 Å². The van der Waals surface area contributed by atoms with Crippen LogP contribution in [-0.2, 0) is 4.79 Å². The molecular formula is C15H19N3O. The second kappa shape index (κ2) is 6.35. The van der Waals surface area contributed by atoms with Crippen LogP contribution >= 0.6 is 0 Å². The van der Waals surface area contributed by atoms with Gasteiger partial charge in [0.25, 0.3) is 0 Å². The van der Waals surface area contributed by atoms with E-state index in [9.17, 15) is 4.79 Å². The third-order valence-corrected chi connectivity index (χ3v) is 3.44. The van der Waals surface area contributed by atoms with Crippen LogP contribution in [0.3, 0.4) is 0 Å². The Hall–Kier alpha value is -1.86. The first kappa shape index (κ1) is 13.6. The number of amides is 1. The molecule has 1 aliphatic rings. The van der Waals surface area contributed by atoms with E-state index < -0.39 is 0 Å². The van der Waals surface area contributed by atoms with Gasteiger partial charge >= 0.3 is 0 Å². The quantitative estimate of drug-likeness (QED) is 0.838. The fourth-order valence-electron chi connectivity index (χ4n) is 2.32. The van der Waals surface area contributed by atoms with Crippen molar-refractivity contribution >= 4 is 11.7 Å². The fraction of sp³-hybridized carbons (Fsp3) is 0.467. The monoisotopic (exact) mass is 257 g/mol. The normalized spacial score (nSPS) is 16.8. The van der Waals surface area contributed by atoms with E-state index in [1.54, 1.807) is 6.20 Å². The number of rotatable bonds is 3. The summed E-state index contributed by atoms with van der Waals surface area (Å²) >= 11 is 0. The average Bonchev–Trinajstić information content (AvgIpc) is 2.40. The van der Waals surface area contributed by atoms with Gasteiger partial charge in [0, 0.05) is 12.1 Å². The minimum Gasteiger partial charge on any atom is -0.310 e. The van der Waals surface area contributed by atoms with Crippen molar-refractivity contribution < 1.29 is 4.79 Å². The molecule has 1 saturated heterocycles. The van der Waals surface area contributed by atoms with Crippen LogP contribution in [0.4, 0.5) is 5.82 Å². The molecule has 100 valence electrons. The maximum atomic E-state index is 12.1. The molecule has 1 amide bonds. The van der Waals surface area contributed by atoms with Crippen LogP contribution in [-0.4, -0.2) is 35.4 Å². The van der Waals surface area contributed by atoms with Crippen LogP contribution in [0.5, 0.6) is 0 Å². The number of terminal acetylenes is 1. The Morgan fingerprint density at radius 1 is 1.58 bits per heavy atom. The molecule has 1 aromatic heterocycles. The summed E-state index contributed by atoms with van der Waals surface area (Å²) in [5.74, 6) is 3.41. The predicted octanol–water partition coefficient (Wildman–Crippen LogP) is 1.67. The van der Waals surface area contributed by atoms with E-state index >= 15 is 0 Å². The van der Waals surface area contributed by atoms with Gasteiger partial charge in [-0.1, -0.05) is 5.92 Å². The van der Waals surface area contributed by atoms with Gasteiger partial charge in [-0.3, -0.25) is 9.69 Å². The molecule has 0 bridgehead atoms. The lowest BCUT2D eigenvalue weighted by Crippen LogP contribution is -2.38. The number of likely N-dealkylation sites (tertiary alicyclic amines) is 1. The lowest BCUT2D eigenvalue weighted by Gasteiger charge is -2.29. The molecule has 4 nitrogen and oxygen atoms in total. The molecule has 19 heavy (non-hydrogen) atoms. The molecule has 1 fully saturated rings. The fourth-order valence-corrected chi connectivity index (χ4v) is 2.32. The molecule has 0 aromatic carbocycles. The van der Waals surface area contributed by atoms with Crippen molar-refractivity contribution in [2.45, 2.75) is 19.8 Å². The minimum absolute atomic E-state index is 0.0661. The van der Waals surface area contributed by atoms with Crippen LogP contribution in [0, 0.1) is 25.2 Å². The van der Waals surface area contributed by atoms with Gasteiger partial charge < -0.3 is 5.32 Å². The van der Waals surface area contributed by atoms with Gasteiger partial charge in [-0.05, 0) is 50.6 Å². The minimum atomic E-state index is 0.0661. The van der Waals surface area contributed by atoms with Crippen LogP contribution in [0.2, 0.25) is 0 Å². The van der Waals surface area contributed by atoms with Crippen molar-refractivity contribution in [3.05, 3.63) is 23.9 Å². The summed E-state index contributed by atoms with van der Waals surface area (Å²) in [6.45, 7) is 4.44. The number of aromatic nitrogens is 1. The molecule has 0 radical (unpaired) electrons. The Morgan fingerprint density at radius 2 is 2.32 bits per heavy atom. The predicted molar refractivity (Wildman–Crippen MR) is 75.6 cm³/mol. The number of nitrogens with zero attached hydrogens (tertiary/aromatic N) is 2. The summed E-state index contributed by atoms with van der Waals surface area (Å²) < 4.78 is 0. The van der Waals surface area contributed by atoms with Crippen molar-refractivity contribution in [3.63, 3.8) is 0 Å². The molecule has 1 aliphatic heterocycles. The summed E-state index contributed by atoms with van der Waals surface area (Å²) in [5.41, 5.74) is 1.09. The Balaban J connectivity index is 1.86. The topological polar surface area (TPSA) is 45.2 Å². The lowest BCUT2D eigenvalue weighted by molar-refractivity contribution is -0.121. The summed E-state index contributed by atoms with van der Waals surface area (Å²) in [6, 6.07) is 3.79. The summed E-state index contributed by atoms with van der Waals surface area (Å²) in [6.07, 6.45) is 8.72. The van der Waals surface area contributed by atoms with Crippen LogP contribution in [0.25, 0.3) is 0 Å². The molecule has 2 heterocycles. The third-order valence-electron chi connectivity index (χ3n) is 3.44. The van der Waals surface area contributed by atoms with Gasteiger partial charge in [0.1, 0.15) is 5.82 Å². The Kier molecular flexibility index (Phi) is 4.53. The van der Waals surface area contributed by atoms with E-state index in [0.717, 1.165) is 31.5 Å². The molecule has 4 heteroatoms. The Labute approximate surface area is 114 Å². The first-order valence-corrected chi connectivity index (χ1v) is 6.58. The number of nitrogens with one attached hydrogen (secondary N) is 1. The SMILES string of the molecule is C#CCN1CCC(C(=O)Nc2cc(C)ccn2)CC1. The van der Waals surface area contributed by atoms with Gasteiger partial charge in [-0.15, -0.1) is 6.42 Å². The molecule has 1 N–H and O–H groups in total. The van der Waals surface area contributed by atoms with Gasteiger partial charge in [-0.2, -0.15) is 0 Å². The molecule has 0 spiro atoms. The molecule has 1 aromatic rings. The second-order valence-electron chi connectivity index (χ2n) is 4.96. The van der Waals surface area contributed by atoms with Gasteiger partial charge in [0.15, 0.2) is 0 Å². The number of piperidine rings is 1. The number of carbonyl (C=O) groups is 1. The Morgan fingerprint density at radius 3 is 2.95 bits per heavy atom. The van der Waals surface area contributed by atoms with E-state index in [2.05, 4.69) is 21.1 Å². The van der Waals surface area contributed by atoms with E-state index in [4.69, 9.17) is 6.42 Å². The van der Waals surface area contributed by atoms with E-state index in [0.29, 0.717) is 12.4 Å². The maximum Gasteiger partial charge on any atom is 0.228 e. The van der Waals surface area contributed by atoms with Crippen molar-refractivity contribution in [3.8, 4) is 12.3 Å². The maximum absolute atomic E-state index is 12.1. The number of anilines is 1. The van der Waals surface area contributed by atoms with Gasteiger partial charge in [0.05, 0.1) is 6.54 Å². The molecule has 0 atom stereocenters. The van der Waals surface area contributed by atoms with Gasteiger partial charge in [0.2, 0.25) is 5.91 Å². The highest BCUT2D eigenvalue weighted by Crippen LogP contribution is 2.18. The average molecular weight is 257 g/mol. The first-order valence-electron chi connectivity index (χ1n) is 6.58. The molecule has 0 unspecified atom stereocenters. The first-order chi connectivity index (χ1) is 9.19. The third kappa shape index (κ3) is 3.80. The molecular weight excluding hydrogens is 238 g/mol. The standard InChI is InChI=1S/C15H19N3O/c1-3-8-18-9-5-13(6-10-18)15(19)17-14-11-12(2)4-7-16-14/h1,4,7,11,13H,5-6,8-10H2,2H3,(H,16,17,19). The lowest BCUT2D eigenvalue weighted by atomic mass is 9.96. The highest BCUT2D eigenvalue weighted by molar-refractivity contribution is 5.91. The number of hydrogen-bond acceptors (Lipinski definition) is 3. The van der Waals surface area contributed by atoms with Crippen molar-refractivity contribution in [1.29, 1.82) is 0 Å². The molecule has 0 saturated carbocycles. The zero-order chi connectivity index (χ0) is 13.7. The molecule has 2 rings (SSSR count). The van der Waals surface area contributed by atoms with E-state index in [-0.39, 0.29) is 11.8 Å². The number of carbonyl (C=O) groups excluding carboxylic acids is 1. The number of hydrogen-bond donors (Lipinski definition) is 1. The second-order valence-corrected chi connectivity index (χ2v) is 4.96. The van der Waals surface area contributed by atoms with Crippen LogP contribution in [0.15, 0.2) is 18.3 Å². The number of pyridine rings is 1. The smallest absolute Gasteiger partial charge is 0.228 e. The van der Waals surface area contributed by atoms with E-state index in [1.165, 1.54) is 0 Å². The summed E-state index contributed by atoms with van der Waals surface area (Å²) in [4.78, 5) is 18.5. The highest BCUT2D eigenvalue weighted by Gasteiger charge is 2.24. The van der Waals surface area contributed by atoms with Crippen molar-refractivity contribution in [1.82, 2.24) is 9.88 Å². The summed E-state index contributed by atoms with van der Waals surface area (Å²) in [5, 5.41) is 2.89. The van der Waals surface area contributed by atoms with Crippen molar-refractivity contribution in [2.75, 3.05) is 25.0 Å². The van der Waals surface area contributed by atoms with Crippen LogP contribution < -0.4 is 5.32 Å². The van der Waals surface area contributed by atoms with E-state index in [1.807, 2.05) is 19.1 Å². The van der Waals surface area contributed by atoms with Crippen molar-refractivity contribution in [2.24, 2.45) is 5.92 Å². The molecule has 0 aliphatic carbocycles. The zero-order valence-electron chi connectivity index (χ0n) is 11.2. The zero-order valence-corrected chi connectivity index (χ0v) is 11.2. The highest BCUT2D eigenvalue weighted by atomic mass is 16.1.